The zero-order valence-electron chi connectivity index (χ0n) is 17.5. The number of thiazole rings is 1. The number of carbonyl (C=O) groups excluding carboxylic acids is 2. The van der Waals surface area contributed by atoms with Gasteiger partial charge in [0.05, 0.1) is 9.92 Å². The predicted octanol–water partition coefficient (Wildman–Crippen LogP) is 3.24. The number of aromatic nitrogens is 1. The highest BCUT2D eigenvalue weighted by Gasteiger charge is 2.28. The molecule has 0 bridgehead atoms. The summed E-state index contributed by atoms with van der Waals surface area (Å²) in [6, 6.07) is 9.63. The zero-order chi connectivity index (χ0) is 24.3. The van der Waals surface area contributed by atoms with E-state index in [1.165, 1.54) is 52.4 Å². The molecule has 1 aliphatic heterocycles. The minimum absolute atomic E-state index is 0. The molecule has 1 aliphatic rings. The largest absolute Gasteiger partial charge is 0.484 e. The van der Waals surface area contributed by atoms with Crippen LogP contribution in [0.3, 0.4) is 0 Å². The lowest BCUT2D eigenvalue weighted by Crippen LogP contribution is -2.53. The molecular weight excluding hydrogens is 507 g/mol. The molecule has 0 atom stereocenters. The van der Waals surface area contributed by atoms with Gasteiger partial charge in [-0.2, -0.15) is 0 Å². The van der Waals surface area contributed by atoms with Crippen molar-refractivity contribution < 1.29 is 28.6 Å². The van der Waals surface area contributed by atoms with E-state index in [1.54, 1.807) is 5.38 Å². The molecule has 1 N–H and O–H groups in total. The summed E-state index contributed by atoms with van der Waals surface area (Å²) in [5, 5.41) is 1.79. The van der Waals surface area contributed by atoms with Crippen molar-refractivity contribution in [2.24, 2.45) is 0 Å². The lowest BCUT2D eigenvalue weighted by molar-refractivity contribution is -0.138. The molecule has 0 saturated carbocycles. The minimum Gasteiger partial charge on any atom is -0.484 e. The number of halogens is 2. The third kappa shape index (κ3) is 5.46. The van der Waals surface area contributed by atoms with E-state index in [0.717, 1.165) is 17.4 Å². The fraction of sp³-hybridized carbons (Fsp3) is 0.190. The topological polar surface area (TPSA) is 109 Å². The standard InChI is InChI=1S/C21H18ClFN4O5S2.H2/c22-17-11-15(3-6-18(17)23)32-13-20(29)26-8-9-27(19(28)12-26)14-1-4-16(5-2-14)34(30,31)25-21-24-7-10-33-21;/h1-7,10-11H,8-9,12-13H2,(H,24,25);1H. The lowest BCUT2D eigenvalue weighted by atomic mass is 10.2. The number of rotatable bonds is 7. The number of amides is 2. The molecule has 2 aromatic carbocycles. The molecule has 4 rings (SSSR count). The molecule has 1 fully saturated rings. The summed E-state index contributed by atoms with van der Waals surface area (Å²) in [6.45, 7) is 0.0199. The van der Waals surface area contributed by atoms with Crippen molar-refractivity contribution in [1.29, 1.82) is 0 Å². The number of piperazine rings is 1. The second-order valence-corrected chi connectivity index (χ2v) is 10.1. The van der Waals surface area contributed by atoms with Gasteiger partial charge < -0.3 is 14.5 Å². The van der Waals surface area contributed by atoms with Gasteiger partial charge in [0, 0.05) is 37.8 Å². The van der Waals surface area contributed by atoms with Crippen LogP contribution in [0.25, 0.3) is 0 Å². The number of hydrogen-bond donors (Lipinski definition) is 1. The second kappa shape index (κ2) is 9.95. The monoisotopic (exact) mass is 526 g/mol. The number of carbonyl (C=O) groups is 2. The number of hydrogen-bond acceptors (Lipinski definition) is 7. The molecule has 2 amide bonds. The van der Waals surface area contributed by atoms with Gasteiger partial charge in [0.15, 0.2) is 11.7 Å². The van der Waals surface area contributed by atoms with Crippen LogP contribution in [0.15, 0.2) is 58.9 Å². The van der Waals surface area contributed by atoms with Crippen molar-refractivity contribution in [3.63, 3.8) is 0 Å². The Bertz CT molecular complexity index is 1310. The average Bonchev–Trinajstić information content (AvgIpc) is 3.32. The smallest absolute Gasteiger partial charge is 0.263 e. The van der Waals surface area contributed by atoms with Crippen molar-refractivity contribution in [3.8, 4) is 5.75 Å². The SMILES string of the molecule is O=C(COc1ccc(F)c(Cl)c1)N1CCN(c2ccc(S(=O)(=O)Nc3nccs3)cc2)C(=O)C1.[HH]. The number of sulfonamides is 1. The van der Waals surface area contributed by atoms with Crippen molar-refractivity contribution in [2.45, 2.75) is 4.90 Å². The van der Waals surface area contributed by atoms with Crippen LogP contribution in [0, 0.1) is 5.82 Å². The molecule has 0 unspecified atom stereocenters. The van der Waals surface area contributed by atoms with Gasteiger partial charge >= 0.3 is 0 Å². The lowest BCUT2D eigenvalue weighted by Gasteiger charge is -2.34. The van der Waals surface area contributed by atoms with Crippen LogP contribution in [0.4, 0.5) is 15.2 Å². The third-order valence-electron chi connectivity index (χ3n) is 4.94. The molecule has 34 heavy (non-hydrogen) atoms. The predicted molar refractivity (Wildman–Crippen MR) is 127 cm³/mol. The fourth-order valence-electron chi connectivity index (χ4n) is 3.22. The summed E-state index contributed by atoms with van der Waals surface area (Å²) >= 11 is 6.86. The number of nitrogens with zero attached hydrogens (tertiary/aromatic N) is 3. The van der Waals surface area contributed by atoms with Gasteiger partial charge in [-0.3, -0.25) is 14.3 Å². The van der Waals surface area contributed by atoms with Crippen LogP contribution in [0.5, 0.6) is 5.75 Å². The average molecular weight is 527 g/mol. The van der Waals surface area contributed by atoms with E-state index in [2.05, 4.69) is 9.71 Å². The van der Waals surface area contributed by atoms with Gasteiger partial charge in [-0.25, -0.2) is 17.8 Å². The van der Waals surface area contributed by atoms with Crippen LogP contribution in [-0.2, 0) is 19.6 Å². The van der Waals surface area contributed by atoms with E-state index < -0.39 is 21.7 Å². The summed E-state index contributed by atoms with van der Waals surface area (Å²) in [6.07, 6.45) is 1.49. The molecule has 1 saturated heterocycles. The van der Waals surface area contributed by atoms with E-state index in [-0.39, 0.29) is 54.4 Å². The molecule has 0 radical (unpaired) electrons. The van der Waals surface area contributed by atoms with Crippen LogP contribution in [0.1, 0.15) is 1.43 Å². The maximum atomic E-state index is 13.2. The van der Waals surface area contributed by atoms with Gasteiger partial charge in [-0.15, -0.1) is 11.3 Å². The Balaban J connectivity index is 0.00000342. The van der Waals surface area contributed by atoms with Gasteiger partial charge in [0.2, 0.25) is 5.91 Å². The Hall–Kier alpha value is -3.22. The first-order valence-electron chi connectivity index (χ1n) is 9.91. The summed E-state index contributed by atoms with van der Waals surface area (Å²) in [4.78, 5) is 31.9. The van der Waals surface area contributed by atoms with Crippen molar-refractivity contribution in [1.82, 2.24) is 9.88 Å². The molecule has 0 aliphatic carbocycles. The number of nitrogens with one attached hydrogen (secondary N) is 1. The van der Waals surface area contributed by atoms with Crippen molar-refractivity contribution >= 4 is 55.6 Å². The Kier molecular flexibility index (Phi) is 7.00. The minimum atomic E-state index is -3.80. The Morgan fingerprint density at radius 3 is 2.65 bits per heavy atom. The zero-order valence-corrected chi connectivity index (χ0v) is 19.9. The molecule has 9 nitrogen and oxygen atoms in total. The highest BCUT2D eigenvalue weighted by molar-refractivity contribution is 7.93. The van der Waals surface area contributed by atoms with E-state index in [9.17, 15) is 22.4 Å². The van der Waals surface area contributed by atoms with Crippen LogP contribution in [-0.4, -0.2) is 56.4 Å². The molecular formula is C21H20ClFN4O5S2. The summed E-state index contributed by atoms with van der Waals surface area (Å²) in [7, 11) is -3.80. The first kappa shape index (κ1) is 23.9. The Morgan fingerprint density at radius 2 is 2.00 bits per heavy atom. The van der Waals surface area contributed by atoms with Crippen molar-refractivity contribution in [3.05, 3.63) is 64.9 Å². The second-order valence-electron chi connectivity index (χ2n) is 7.16. The van der Waals surface area contributed by atoms with E-state index >= 15 is 0 Å². The molecule has 180 valence electrons. The number of benzene rings is 2. The van der Waals surface area contributed by atoms with E-state index in [1.807, 2.05) is 0 Å². The number of ether oxygens (including phenoxy) is 1. The fourth-order valence-corrected chi connectivity index (χ4v) is 5.17. The molecule has 0 spiro atoms. The van der Waals surface area contributed by atoms with Gasteiger partial charge in [0.1, 0.15) is 18.1 Å². The maximum absolute atomic E-state index is 13.2. The quantitative estimate of drug-likeness (QED) is 0.506. The first-order valence-corrected chi connectivity index (χ1v) is 12.7. The van der Waals surface area contributed by atoms with Crippen molar-refractivity contribution in [2.75, 3.05) is 35.9 Å². The molecule has 2 heterocycles. The van der Waals surface area contributed by atoms with Crippen LogP contribution < -0.4 is 14.4 Å². The van der Waals surface area contributed by atoms with Gasteiger partial charge in [0.25, 0.3) is 15.9 Å². The summed E-state index contributed by atoms with van der Waals surface area (Å²) in [5.41, 5.74) is 0.516. The first-order chi connectivity index (χ1) is 16.2. The third-order valence-corrected chi connectivity index (χ3v) is 7.40. The summed E-state index contributed by atoms with van der Waals surface area (Å²) < 4.78 is 45.9. The number of anilines is 2. The molecule has 13 heteroatoms. The molecule has 1 aromatic heterocycles. The molecule has 3 aromatic rings. The maximum Gasteiger partial charge on any atom is 0.263 e. The van der Waals surface area contributed by atoms with Crippen LogP contribution in [0.2, 0.25) is 5.02 Å². The highest BCUT2D eigenvalue weighted by atomic mass is 35.5. The van der Waals surface area contributed by atoms with Crippen LogP contribution >= 0.6 is 22.9 Å². The van der Waals surface area contributed by atoms with Gasteiger partial charge in [-0.05, 0) is 36.4 Å². The Morgan fingerprint density at radius 1 is 1.24 bits per heavy atom. The Labute approximate surface area is 205 Å². The van der Waals surface area contributed by atoms with Gasteiger partial charge in [-0.1, -0.05) is 11.6 Å². The summed E-state index contributed by atoms with van der Waals surface area (Å²) in [5.74, 6) is -1.07. The van der Waals surface area contributed by atoms with E-state index in [0.29, 0.717) is 5.69 Å². The normalized spacial score (nSPS) is 14.2. The van der Waals surface area contributed by atoms with E-state index in [4.69, 9.17) is 16.3 Å². The highest BCUT2D eigenvalue weighted by Crippen LogP contribution is 2.23.